The summed E-state index contributed by atoms with van der Waals surface area (Å²) in [6.07, 6.45) is 2.49. The number of fused-ring (bicyclic) bond motifs is 1. The van der Waals surface area contributed by atoms with E-state index in [2.05, 4.69) is 41.8 Å². The Bertz CT molecular complexity index is 795. The molecule has 1 fully saturated rings. The highest BCUT2D eigenvalue weighted by Gasteiger charge is 2.29. The minimum atomic E-state index is 0.613. The Hall–Kier alpha value is -2.29. The predicted molar refractivity (Wildman–Crippen MR) is 86.4 cm³/mol. The number of para-hydroxylation sites is 1. The Morgan fingerprint density at radius 1 is 1.14 bits per heavy atom. The van der Waals surface area contributed by atoms with Crippen LogP contribution in [-0.2, 0) is 6.54 Å². The lowest BCUT2D eigenvalue weighted by molar-refractivity contribution is 0.747. The van der Waals surface area contributed by atoms with Gasteiger partial charge in [-0.1, -0.05) is 35.9 Å². The van der Waals surface area contributed by atoms with E-state index < -0.39 is 0 Å². The van der Waals surface area contributed by atoms with Crippen LogP contribution in [0.4, 0.5) is 5.69 Å². The van der Waals surface area contributed by atoms with Crippen LogP contribution < -0.4 is 5.73 Å². The zero-order valence-electron chi connectivity index (χ0n) is 12.2. The minimum Gasteiger partial charge on any atom is -0.397 e. The molecule has 0 radical (unpaired) electrons. The molecule has 1 aliphatic carbocycles. The van der Waals surface area contributed by atoms with Crippen LogP contribution >= 0.6 is 0 Å². The monoisotopic (exact) mass is 277 g/mol. The molecule has 1 aromatic heterocycles. The molecule has 1 aliphatic rings. The lowest BCUT2D eigenvalue weighted by Gasteiger charge is -2.09. The van der Waals surface area contributed by atoms with Crippen molar-refractivity contribution < 1.29 is 0 Å². The van der Waals surface area contributed by atoms with Crippen molar-refractivity contribution in [2.75, 3.05) is 5.73 Å². The first-order valence-corrected chi connectivity index (χ1v) is 7.52. The fraction of sp³-hybridized carbons (Fsp3) is 0.278. The average Bonchev–Trinajstić information content (AvgIpc) is 3.26. The highest BCUT2D eigenvalue weighted by Crippen LogP contribution is 2.41. The number of imidazole rings is 1. The summed E-state index contributed by atoms with van der Waals surface area (Å²) < 4.78 is 2.34. The van der Waals surface area contributed by atoms with Crippen molar-refractivity contribution in [3.8, 4) is 0 Å². The van der Waals surface area contributed by atoms with E-state index in [1.54, 1.807) is 0 Å². The summed E-state index contributed by atoms with van der Waals surface area (Å²) in [6.45, 7) is 2.98. The molecule has 0 atom stereocenters. The van der Waals surface area contributed by atoms with E-state index in [4.69, 9.17) is 10.7 Å². The number of nitrogen functional groups attached to an aromatic ring is 1. The summed E-state index contributed by atoms with van der Waals surface area (Å²) in [6, 6.07) is 14.8. The molecule has 3 nitrogen and oxygen atoms in total. The van der Waals surface area contributed by atoms with Crippen molar-refractivity contribution in [1.82, 2.24) is 9.55 Å². The molecule has 2 N–H and O–H groups in total. The van der Waals surface area contributed by atoms with Crippen molar-refractivity contribution in [2.24, 2.45) is 0 Å². The van der Waals surface area contributed by atoms with Gasteiger partial charge in [0.1, 0.15) is 11.3 Å². The molecule has 106 valence electrons. The van der Waals surface area contributed by atoms with Gasteiger partial charge in [0, 0.05) is 12.5 Å². The molecule has 1 saturated carbocycles. The maximum Gasteiger partial charge on any atom is 0.113 e. The normalized spacial score (nSPS) is 14.7. The SMILES string of the molecule is Cc1ccc(Cn2c(C3CC3)nc3c(N)cccc32)cc1. The van der Waals surface area contributed by atoms with Gasteiger partial charge in [0.25, 0.3) is 0 Å². The predicted octanol–water partition coefficient (Wildman–Crippen LogP) is 3.85. The van der Waals surface area contributed by atoms with Gasteiger partial charge in [-0.3, -0.25) is 0 Å². The van der Waals surface area contributed by atoms with Crippen molar-refractivity contribution >= 4 is 16.7 Å². The molecular weight excluding hydrogens is 258 g/mol. The average molecular weight is 277 g/mol. The molecule has 0 bridgehead atoms. The second kappa shape index (κ2) is 4.62. The summed E-state index contributed by atoms with van der Waals surface area (Å²) in [5.41, 5.74) is 11.6. The summed E-state index contributed by atoms with van der Waals surface area (Å²) in [4.78, 5) is 4.83. The van der Waals surface area contributed by atoms with E-state index in [-0.39, 0.29) is 0 Å². The van der Waals surface area contributed by atoms with Crippen molar-refractivity contribution in [1.29, 1.82) is 0 Å². The second-order valence-electron chi connectivity index (χ2n) is 6.03. The number of hydrogen-bond acceptors (Lipinski definition) is 2. The fourth-order valence-corrected chi connectivity index (χ4v) is 2.88. The molecule has 3 heteroatoms. The number of hydrogen-bond donors (Lipinski definition) is 1. The molecule has 0 unspecified atom stereocenters. The van der Waals surface area contributed by atoms with Gasteiger partial charge in [-0.25, -0.2) is 4.98 Å². The number of nitrogens with two attached hydrogens (primary N) is 1. The fourth-order valence-electron chi connectivity index (χ4n) is 2.88. The zero-order valence-corrected chi connectivity index (χ0v) is 12.2. The standard InChI is InChI=1S/C18H19N3/c1-12-5-7-13(8-6-12)11-21-16-4-2-3-15(19)17(16)20-18(21)14-9-10-14/h2-8,14H,9-11,19H2,1H3. The van der Waals surface area contributed by atoms with Crippen LogP contribution in [0.25, 0.3) is 11.0 Å². The highest BCUT2D eigenvalue weighted by molar-refractivity contribution is 5.87. The first kappa shape index (κ1) is 12.5. The number of aromatic nitrogens is 2. The number of aryl methyl sites for hydroxylation is 1. The molecule has 1 heterocycles. The van der Waals surface area contributed by atoms with Crippen LogP contribution in [0, 0.1) is 6.92 Å². The Labute approximate surface area is 124 Å². The van der Waals surface area contributed by atoms with E-state index in [1.807, 2.05) is 12.1 Å². The topological polar surface area (TPSA) is 43.8 Å². The van der Waals surface area contributed by atoms with E-state index in [1.165, 1.54) is 29.8 Å². The summed E-state index contributed by atoms with van der Waals surface area (Å²) >= 11 is 0. The molecule has 2 aromatic carbocycles. The van der Waals surface area contributed by atoms with E-state index in [0.717, 1.165) is 23.3 Å². The van der Waals surface area contributed by atoms with Gasteiger partial charge in [-0.2, -0.15) is 0 Å². The largest absolute Gasteiger partial charge is 0.397 e. The molecule has 0 aliphatic heterocycles. The molecule has 4 rings (SSSR count). The van der Waals surface area contributed by atoms with E-state index in [0.29, 0.717) is 5.92 Å². The van der Waals surface area contributed by atoms with Gasteiger partial charge in [0.2, 0.25) is 0 Å². The minimum absolute atomic E-state index is 0.613. The number of anilines is 1. The first-order chi connectivity index (χ1) is 10.2. The maximum absolute atomic E-state index is 6.10. The molecule has 21 heavy (non-hydrogen) atoms. The maximum atomic E-state index is 6.10. The highest BCUT2D eigenvalue weighted by atomic mass is 15.1. The number of benzene rings is 2. The molecule has 0 amide bonds. The molecular formula is C18H19N3. The smallest absolute Gasteiger partial charge is 0.113 e. The quantitative estimate of drug-likeness (QED) is 0.739. The van der Waals surface area contributed by atoms with Gasteiger partial charge < -0.3 is 10.3 Å². The van der Waals surface area contributed by atoms with Crippen LogP contribution in [0.1, 0.15) is 35.7 Å². The van der Waals surface area contributed by atoms with Crippen molar-refractivity contribution in [3.05, 3.63) is 59.4 Å². The third kappa shape index (κ3) is 2.19. The molecule has 0 saturated heterocycles. The summed E-state index contributed by atoms with van der Waals surface area (Å²) in [5, 5.41) is 0. The van der Waals surface area contributed by atoms with Crippen molar-refractivity contribution in [2.45, 2.75) is 32.2 Å². The van der Waals surface area contributed by atoms with Gasteiger partial charge in [0.05, 0.1) is 11.2 Å². The van der Waals surface area contributed by atoms with Crippen LogP contribution in [0.3, 0.4) is 0 Å². The van der Waals surface area contributed by atoms with E-state index >= 15 is 0 Å². The lowest BCUT2D eigenvalue weighted by Crippen LogP contribution is -2.04. The summed E-state index contributed by atoms with van der Waals surface area (Å²) in [7, 11) is 0. The number of rotatable bonds is 3. The zero-order chi connectivity index (χ0) is 14.4. The Kier molecular flexibility index (Phi) is 2.74. The first-order valence-electron chi connectivity index (χ1n) is 7.52. The van der Waals surface area contributed by atoms with Crippen LogP contribution in [0.5, 0.6) is 0 Å². The number of nitrogens with zero attached hydrogens (tertiary/aromatic N) is 2. The Morgan fingerprint density at radius 2 is 1.90 bits per heavy atom. The Morgan fingerprint density at radius 3 is 2.62 bits per heavy atom. The van der Waals surface area contributed by atoms with Crippen LogP contribution in [0.15, 0.2) is 42.5 Å². The van der Waals surface area contributed by atoms with Crippen LogP contribution in [0.2, 0.25) is 0 Å². The third-order valence-corrected chi connectivity index (χ3v) is 4.24. The lowest BCUT2D eigenvalue weighted by atomic mass is 10.1. The Balaban J connectivity index is 1.84. The summed E-state index contributed by atoms with van der Waals surface area (Å²) in [5.74, 6) is 1.81. The van der Waals surface area contributed by atoms with E-state index in [9.17, 15) is 0 Å². The van der Waals surface area contributed by atoms with Gasteiger partial charge in [-0.05, 0) is 37.5 Å². The van der Waals surface area contributed by atoms with Gasteiger partial charge in [0.15, 0.2) is 0 Å². The van der Waals surface area contributed by atoms with Gasteiger partial charge in [-0.15, -0.1) is 0 Å². The van der Waals surface area contributed by atoms with Crippen molar-refractivity contribution in [3.63, 3.8) is 0 Å². The van der Waals surface area contributed by atoms with Gasteiger partial charge >= 0.3 is 0 Å². The van der Waals surface area contributed by atoms with Crippen LogP contribution in [-0.4, -0.2) is 9.55 Å². The third-order valence-electron chi connectivity index (χ3n) is 4.24. The second-order valence-corrected chi connectivity index (χ2v) is 6.03. The molecule has 3 aromatic rings. The molecule has 0 spiro atoms.